The Morgan fingerprint density at radius 2 is 2.12 bits per heavy atom. The molecule has 16 heavy (non-hydrogen) atoms. The van der Waals surface area contributed by atoms with Gasteiger partial charge in [0.15, 0.2) is 11.6 Å². The Kier molecular flexibility index (Phi) is 4.62. The number of ether oxygens (including phenoxy) is 1. The number of thiol groups is 1. The number of halogens is 1. The maximum absolute atomic E-state index is 13.5. The third-order valence-electron chi connectivity index (χ3n) is 2.61. The van der Waals surface area contributed by atoms with E-state index in [1.807, 2.05) is 6.07 Å². The summed E-state index contributed by atoms with van der Waals surface area (Å²) in [6.07, 6.45) is 0. The van der Waals surface area contributed by atoms with Gasteiger partial charge in [0.25, 0.3) is 0 Å². The number of hydrogen-bond acceptors (Lipinski definition) is 3. The van der Waals surface area contributed by atoms with Crippen LogP contribution in [-0.4, -0.2) is 19.5 Å². The van der Waals surface area contributed by atoms with Crippen LogP contribution >= 0.6 is 12.6 Å². The fraction of sp³-hybridized carbons (Fsp3) is 0.500. The molecule has 0 heterocycles. The lowest BCUT2D eigenvalue weighted by molar-refractivity contribution is 0.384. The molecule has 0 aliphatic rings. The van der Waals surface area contributed by atoms with Crippen LogP contribution in [0.25, 0.3) is 0 Å². The molecule has 1 rings (SSSR count). The first-order valence-electron chi connectivity index (χ1n) is 5.17. The third-order valence-corrected chi connectivity index (χ3v) is 2.84. The van der Waals surface area contributed by atoms with Gasteiger partial charge >= 0.3 is 0 Å². The topological polar surface area (TPSA) is 21.3 Å². The molecule has 0 fully saturated rings. The SMILES string of the molecule is COc1ccc(C(C)(C)CNCS)cc1F. The summed E-state index contributed by atoms with van der Waals surface area (Å²) in [5.41, 5.74) is 0.815. The Labute approximate surface area is 102 Å². The van der Waals surface area contributed by atoms with Crippen LogP contribution in [0.1, 0.15) is 19.4 Å². The summed E-state index contributed by atoms with van der Waals surface area (Å²) in [6, 6.07) is 5.08. The molecular formula is C12H18FNOS. The van der Waals surface area contributed by atoms with Crippen molar-refractivity contribution in [1.82, 2.24) is 5.32 Å². The van der Waals surface area contributed by atoms with E-state index in [0.29, 0.717) is 5.88 Å². The van der Waals surface area contributed by atoms with Gasteiger partial charge in [0.2, 0.25) is 0 Å². The molecule has 0 amide bonds. The number of methoxy groups -OCH3 is 1. The van der Waals surface area contributed by atoms with Gasteiger partial charge in [0.1, 0.15) is 0 Å². The molecule has 0 bridgehead atoms. The summed E-state index contributed by atoms with van der Waals surface area (Å²) in [6.45, 7) is 4.87. The van der Waals surface area contributed by atoms with Crippen molar-refractivity contribution in [2.75, 3.05) is 19.5 Å². The lowest BCUT2D eigenvalue weighted by atomic mass is 9.84. The highest BCUT2D eigenvalue weighted by Crippen LogP contribution is 2.26. The minimum absolute atomic E-state index is 0.129. The Hall–Kier alpha value is -0.740. The van der Waals surface area contributed by atoms with Crippen molar-refractivity contribution in [3.63, 3.8) is 0 Å². The molecule has 0 saturated carbocycles. The van der Waals surface area contributed by atoms with E-state index in [9.17, 15) is 4.39 Å². The molecule has 0 radical (unpaired) electrons. The molecule has 0 aliphatic carbocycles. The van der Waals surface area contributed by atoms with Gasteiger partial charge in [-0.15, -0.1) is 0 Å². The van der Waals surface area contributed by atoms with Crippen LogP contribution in [0.2, 0.25) is 0 Å². The molecule has 0 aromatic heterocycles. The minimum Gasteiger partial charge on any atom is -0.494 e. The van der Waals surface area contributed by atoms with Gasteiger partial charge in [-0.25, -0.2) is 4.39 Å². The van der Waals surface area contributed by atoms with Crippen LogP contribution < -0.4 is 10.1 Å². The van der Waals surface area contributed by atoms with E-state index >= 15 is 0 Å². The van der Waals surface area contributed by atoms with E-state index in [1.54, 1.807) is 6.07 Å². The van der Waals surface area contributed by atoms with Crippen molar-refractivity contribution in [3.05, 3.63) is 29.6 Å². The van der Waals surface area contributed by atoms with E-state index in [1.165, 1.54) is 13.2 Å². The molecule has 4 heteroatoms. The molecule has 1 aromatic rings. The maximum atomic E-state index is 13.5. The first-order chi connectivity index (χ1) is 7.51. The molecule has 1 N–H and O–H groups in total. The lowest BCUT2D eigenvalue weighted by Crippen LogP contribution is -2.32. The van der Waals surface area contributed by atoms with E-state index < -0.39 is 0 Å². The summed E-state index contributed by atoms with van der Waals surface area (Å²) in [4.78, 5) is 0. The lowest BCUT2D eigenvalue weighted by Gasteiger charge is -2.25. The quantitative estimate of drug-likeness (QED) is 0.612. The third kappa shape index (κ3) is 3.12. The van der Waals surface area contributed by atoms with Crippen molar-refractivity contribution in [3.8, 4) is 5.75 Å². The monoisotopic (exact) mass is 243 g/mol. The standard InChI is InChI=1S/C12H18FNOS/c1-12(2,7-14-8-16)9-4-5-11(15-3)10(13)6-9/h4-6,14,16H,7-8H2,1-3H3. The largest absolute Gasteiger partial charge is 0.494 e. The predicted octanol–water partition coefficient (Wildman–Crippen LogP) is 2.59. The second-order valence-corrected chi connectivity index (χ2v) is 4.63. The van der Waals surface area contributed by atoms with Gasteiger partial charge in [-0.1, -0.05) is 19.9 Å². The van der Waals surface area contributed by atoms with Crippen LogP contribution in [0.5, 0.6) is 5.75 Å². The fourth-order valence-corrected chi connectivity index (χ4v) is 1.67. The smallest absolute Gasteiger partial charge is 0.165 e. The minimum atomic E-state index is -0.320. The van der Waals surface area contributed by atoms with Crippen LogP contribution in [0.3, 0.4) is 0 Å². The number of hydrogen-bond donors (Lipinski definition) is 2. The zero-order valence-corrected chi connectivity index (χ0v) is 10.8. The molecule has 2 nitrogen and oxygen atoms in total. The number of rotatable bonds is 5. The van der Waals surface area contributed by atoms with Crippen LogP contribution in [0.4, 0.5) is 4.39 Å². The van der Waals surface area contributed by atoms with Gasteiger partial charge < -0.3 is 10.1 Å². The summed E-state index contributed by atoms with van der Waals surface area (Å²) in [5.74, 6) is 0.572. The van der Waals surface area contributed by atoms with Crippen LogP contribution in [0.15, 0.2) is 18.2 Å². The first-order valence-corrected chi connectivity index (χ1v) is 5.80. The Morgan fingerprint density at radius 1 is 1.44 bits per heavy atom. The predicted molar refractivity (Wildman–Crippen MR) is 67.8 cm³/mol. The molecule has 0 atom stereocenters. The van der Waals surface area contributed by atoms with Crippen molar-refractivity contribution in [2.45, 2.75) is 19.3 Å². The first kappa shape index (κ1) is 13.3. The Balaban J connectivity index is 2.91. The number of nitrogens with one attached hydrogen (secondary N) is 1. The van der Waals surface area contributed by atoms with E-state index in [2.05, 4.69) is 31.8 Å². The second kappa shape index (κ2) is 5.55. The van der Waals surface area contributed by atoms with Crippen molar-refractivity contribution >= 4 is 12.6 Å². The molecule has 1 aromatic carbocycles. The van der Waals surface area contributed by atoms with Gasteiger partial charge in [0.05, 0.1) is 7.11 Å². The van der Waals surface area contributed by atoms with Gasteiger partial charge in [0, 0.05) is 17.8 Å². The zero-order chi connectivity index (χ0) is 12.2. The molecule has 0 aliphatic heterocycles. The Morgan fingerprint density at radius 3 is 2.62 bits per heavy atom. The molecule has 0 saturated heterocycles. The van der Waals surface area contributed by atoms with Gasteiger partial charge in [-0.3, -0.25) is 0 Å². The zero-order valence-electron chi connectivity index (χ0n) is 9.88. The van der Waals surface area contributed by atoms with Crippen molar-refractivity contribution in [2.24, 2.45) is 0 Å². The summed E-state index contributed by atoms with van der Waals surface area (Å²) >= 11 is 4.09. The summed E-state index contributed by atoms with van der Waals surface area (Å²) < 4.78 is 18.4. The highest BCUT2D eigenvalue weighted by Gasteiger charge is 2.21. The van der Waals surface area contributed by atoms with Crippen molar-refractivity contribution < 1.29 is 9.13 Å². The van der Waals surface area contributed by atoms with Crippen LogP contribution in [-0.2, 0) is 5.41 Å². The van der Waals surface area contributed by atoms with Crippen LogP contribution in [0, 0.1) is 5.82 Å². The maximum Gasteiger partial charge on any atom is 0.165 e. The van der Waals surface area contributed by atoms with E-state index in [4.69, 9.17) is 4.74 Å². The molecular weight excluding hydrogens is 225 g/mol. The fourth-order valence-electron chi connectivity index (χ4n) is 1.56. The molecule has 0 spiro atoms. The summed E-state index contributed by atoms with van der Waals surface area (Å²) in [5, 5.41) is 3.15. The highest BCUT2D eigenvalue weighted by molar-refractivity contribution is 7.80. The van der Waals surface area contributed by atoms with E-state index in [-0.39, 0.29) is 17.0 Å². The van der Waals surface area contributed by atoms with Gasteiger partial charge in [-0.2, -0.15) is 12.6 Å². The normalized spacial score (nSPS) is 11.6. The highest BCUT2D eigenvalue weighted by atomic mass is 32.1. The van der Waals surface area contributed by atoms with Gasteiger partial charge in [-0.05, 0) is 17.7 Å². The van der Waals surface area contributed by atoms with Crippen molar-refractivity contribution in [1.29, 1.82) is 0 Å². The second-order valence-electron chi connectivity index (χ2n) is 4.32. The average Bonchev–Trinajstić information content (AvgIpc) is 2.26. The van der Waals surface area contributed by atoms with E-state index in [0.717, 1.165) is 12.1 Å². The molecule has 90 valence electrons. The summed E-state index contributed by atoms with van der Waals surface area (Å²) in [7, 11) is 1.46. The number of benzene rings is 1. The average molecular weight is 243 g/mol. The Bertz CT molecular complexity index is 355. The molecule has 0 unspecified atom stereocenters.